The van der Waals surface area contributed by atoms with Crippen LogP contribution in [0.5, 0.6) is 0 Å². The van der Waals surface area contributed by atoms with Gasteiger partial charge < -0.3 is 16.0 Å². The van der Waals surface area contributed by atoms with Gasteiger partial charge in [-0.3, -0.25) is 0 Å². The first kappa shape index (κ1) is 14.6. The molecule has 2 amide bonds. The van der Waals surface area contributed by atoms with E-state index < -0.39 is 15.1 Å². The van der Waals surface area contributed by atoms with Crippen molar-refractivity contribution in [3.8, 4) is 0 Å². The summed E-state index contributed by atoms with van der Waals surface area (Å²) < 4.78 is 23.2. The molecule has 0 aliphatic carbocycles. The molecule has 0 aromatic heterocycles. The summed E-state index contributed by atoms with van der Waals surface area (Å²) in [4.78, 5) is 11.6. The van der Waals surface area contributed by atoms with Crippen molar-refractivity contribution >= 4 is 15.9 Å². The van der Waals surface area contributed by atoms with Crippen LogP contribution in [0.15, 0.2) is 0 Å². The van der Waals surface area contributed by atoms with E-state index in [2.05, 4.69) is 16.0 Å². The van der Waals surface area contributed by atoms with Gasteiger partial charge >= 0.3 is 6.03 Å². The third-order valence-corrected chi connectivity index (χ3v) is 6.15. The topological polar surface area (TPSA) is 87.3 Å². The Kier molecular flexibility index (Phi) is 5.04. The molecular formula is C12H23N3O3S. The molecule has 110 valence electrons. The lowest BCUT2D eigenvalue weighted by molar-refractivity contribution is 0.238. The number of carbonyl (C=O) groups is 1. The summed E-state index contributed by atoms with van der Waals surface area (Å²) in [6, 6.07) is 0.0733. The van der Waals surface area contributed by atoms with Crippen LogP contribution in [0.4, 0.5) is 4.79 Å². The number of piperidine rings is 1. The van der Waals surface area contributed by atoms with E-state index >= 15 is 0 Å². The van der Waals surface area contributed by atoms with Gasteiger partial charge in [-0.2, -0.15) is 0 Å². The minimum atomic E-state index is -2.97. The number of nitrogens with one attached hydrogen (secondary N) is 3. The van der Waals surface area contributed by atoms with E-state index in [0.29, 0.717) is 25.4 Å². The second kappa shape index (κ2) is 6.56. The third kappa shape index (κ3) is 4.35. The fraction of sp³-hybridized carbons (Fsp3) is 0.917. The van der Waals surface area contributed by atoms with Gasteiger partial charge in [0.1, 0.15) is 0 Å². The van der Waals surface area contributed by atoms with Crippen molar-refractivity contribution in [1.82, 2.24) is 16.0 Å². The van der Waals surface area contributed by atoms with Gasteiger partial charge in [0.15, 0.2) is 9.84 Å². The summed E-state index contributed by atoms with van der Waals surface area (Å²) in [5.41, 5.74) is 0. The minimum Gasteiger partial charge on any atom is -0.337 e. The van der Waals surface area contributed by atoms with Crippen LogP contribution in [0.1, 0.15) is 32.1 Å². The first-order valence-electron chi connectivity index (χ1n) is 7.04. The second-order valence-electron chi connectivity index (χ2n) is 5.37. The molecule has 2 heterocycles. The summed E-state index contributed by atoms with van der Waals surface area (Å²) in [5.74, 6) is 0.257. The molecule has 3 N–H and O–H groups in total. The van der Waals surface area contributed by atoms with Gasteiger partial charge in [0.25, 0.3) is 0 Å². The van der Waals surface area contributed by atoms with Crippen molar-refractivity contribution in [3.05, 3.63) is 0 Å². The van der Waals surface area contributed by atoms with E-state index in [1.807, 2.05) is 0 Å². The van der Waals surface area contributed by atoms with Crippen molar-refractivity contribution in [3.63, 3.8) is 0 Å². The fourth-order valence-corrected chi connectivity index (χ4v) is 4.44. The first-order chi connectivity index (χ1) is 9.08. The molecule has 2 fully saturated rings. The monoisotopic (exact) mass is 289 g/mol. The summed E-state index contributed by atoms with van der Waals surface area (Å²) in [6.45, 7) is 1.84. The van der Waals surface area contributed by atoms with Gasteiger partial charge in [-0.05, 0) is 32.2 Å². The molecule has 2 atom stereocenters. The van der Waals surface area contributed by atoms with Gasteiger partial charge in [0.2, 0.25) is 0 Å². The molecule has 0 bridgehead atoms. The average Bonchev–Trinajstić information content (AvgIpc) is 2.74. The Bertz CT molecular complexity index is 404. The predicted octanol–water partition coefficient (Wildman–Crippen LogP) is 0.00490. The molecule has 7 heteroatoms. The second-order valence-corrected chi connectivity index (χ2v) is 7.77. The minimum absolute atomic E-state index is 0.228. The smallest absolute Gasteiger partial charge is 0.314 e. The van der Waals surface area contributed by atoms with Gasteiger partial charge in [0, 0.05) is 19.1 Å². The van der Waals surface area contributed by atoms with Gasteiger partial charge in [-0.15, -0.1) is 0 Å². The molecule has 0 aromatic rings. The quantitative estimate of drug-likeness (QED) is 0.680. The normalized spacial score (nSPS) is 29.9. The maximum absolute atomic E-state index is 11.6. The molecule has 2 aliphatic heterocycles. The van der Waals surface area contributed by atoms with Crippen LogP contribution in [-0.4, -0.2) is 51.1 Å². The van der Waals surface area contributed by atoms with E-state index in [1.165, 1.54) is 12.8 Å². The Labute approximate surface area is 114 Å². The SMILES string of the molecule is O=C(NCC1CCCCN1)NCC1CCCS1(=O)=O. The molecule has 0 spiro atoms. The number of hydrogen-bond donors (Lipinski definition) is 3. The van der Waals surface area contributed by atoms with E-state index in [4.69, 9.17) is 0 Å². The van der Waals surface area contributed by atoms with Crippen molar-refractivity contribution in [2.24, 2.45) is 0 Å². The molecule has 6 nitrogen and oxygen atoms in total. The zero-order valence-corrected chi connectivity index (χ0v) is 12.0. The largest absolute Gasteiger partial charge is 0.337 e. The highest BCUT2D eigenvalue weighted by Gasteiger charge is 2.31. The number of hydrogen-bond acceptors (Lipinski definition) is 4. The lowest BCUT2D eigenvalue weighted by Crippen LogP contribution is -2.47. The molecule has 0 radical (unpaired) electrons. The Morgan fingerprint density at radius 2 is 1.89 bits per heavy atom. The number of rotatable bonds is 4. The molecule has 2 rings (SSSR count). The summed E-state index contributed by atoms with van der Waals surface area (Å²) in [7, 11) is -2.97. The van der Waals surface area contributed by atoms with E-state index in [-0.39, 0.29) is 18.3 Å². The highest BCUT2D eigenvalue weighted by molar-refractivity contribution is 7.92. The van der Waals surface area contributed by atoms with Gasteiger partial charge in [-0.25, -0.2) is 13.2 Å². The molecule has 2 saturated heterocycles. The van der Waals surface area contributed by atoms with Crippen LogP contribution in [0.3, 0.4) is 0 Å². The van der Waals surface area contributed by atoms with Gasteiger partial charge in [0.05, 0.1) is 11.0 Å². The van der Waals surface area contributed by atoms with Crippen LogP contribution in [0, 0.1) is 0 Å². The summed E-state index contributed by atoms with van der Waals surface area (Å²) in [5, 5.41) is 8.41. The van der Waals surface area contributed by atoms with E-state index in [9.17, 15) is 13.2 Å². The van der Waals surface area contributed by atoms with Crippen LogP contribution in [0.2, 0.25) is 0 Å². The van der Waals surface area contributed by atoms with Crippen LogP contribution in [0.25, 0.3) is 0 Å². The maximum atomic E-state index is 11.6. The Balaban J connectivity index is 1.64. The first-order valence-corrected chi connectivity index (χ1v) is 8.76. The standard InChI is InChI=1S/C12H23N3O3S/c16-12(14-8-10-4-1-2-6-13-10)15-9-11-5-3-7-19(11,17)18/h10-11,13H,1-9H2,(H2,14,15,16). The van der Waals surface area contributed by atoms with Crippen LogP contribution >= 0.6 is 0 Å². The Hall–Kier alpha value is -0.820. The lowest BCUT2D eigenvalue weighted by atomic mass is 10.1. The number of amides is 2. The van der Waals surface area contributed by atoms with Crippen molar-refractivity contribution in [2.75, 3.05) is 25.4 Å². The van der Waals surface area contributed by atoms with Crippen molar-refractivity contribution in [1.29, 1.82) is 0 Å². The maximum Gasteiger partial charge on any atom is 0.314 e. The Morgan fingerprint density at radius 1 is 1.11 bits per heavy atom. The molecule has 19 heavy (non-hydrogen) atoms. The van der Waals surface area contributed by atoms with Crippen LogP contribution < -0.4 is 16.0 Å². The Morgan fingerprint density at radius 3 is 2.53 bits per heavy atom. The van der Waals surface area contributed by atoms with E-state index in [0.717, 1.165) is 13.0 Å². The van der Waals surface area contributed by atoms with Gasteiger partial charge in [-0.1, -0.05) is 6.42 Å². The summed E-state index contributed by atoms with van der Waals surface area (Å²) in [6.07, 6.45) is 4.84. The highest BCUT2D eigenvalue weighted by Crippen LogP contribution is 2.18. The van der Waals surface area contributed by atoms with Crippen LogP contribution in [-0.2, 0) is 9.84 Å². The van der Waals surface area contributed by atoms with Crippen molar-refractivity contribution in [2.45, 2.75) is 43.4 Å². The molecular weight excluding hydrogens is 266 g/mol. The zero-order chi connectivity index (χ0) is 13.7. The molecule has 2 aliphatic rings. The van der Waals surface area contributed by atoms with E-state index in [1.54, 1.807) is 0 Å². The molecule has 0 aromatic carbocycles. The third-order valence-electron chi connectivity index (χ3n) is 3.87. The fourth-order valence-electron chi connectivity index (χ4n) is 2.67. The highest BCUT2D eigenvalue weighted by atomic mass is 32.2. The molecule has 0 saturated carbocycles. The average molecular weight is 289 g/mol. The number of carbonyl (C=O) groups excluding carboxylic acids is 1. The number of urea groups is 1. The summed E-state index contributed by atoms with van der Waals surface area (Å²) >= 11 is 0. The zero-order valence-electron chi connectivity index (χ0n) is 11.2. The van der Waals surface area contributed by atoms with Crippen molar-refractivity contribution < 1.29 is 13.2 Å². The lowest BCUT2D eigenvalue weighted by Gasteiger charge is -2.23. The number of sulfone groups is 1. The predicted molar refractivity (Wildman–Crippen MR) is 73.9 cm³/mol. The molecule has 2 unspecified atom stereocenters.